The number of halogens is 2. The first-order chi connectivity index (χ1) is 13.3. The summed E-state index contributed by atoms with van der Waals surface area (Å²) in [6.45, 7) is 0. The number of rotatable bonds is 3. The molecule has 0 aliphatic heterocycles. The van der Waals surface area contributed by atoms with Gasteiger partial charge in [-0.1, -0.05) is 34.1 Å². The van der Waals surface area contributed by atoms with Gasteiger partial charge in [0.1, 0.15) is 0 Å². The molecular formula is C21H10Br2O5. The Balaban J connectivity index is 1.93. The minimum Gasteiger partial charge on any atom is -0.478 e. The van der Waals surface area contributed by atoms with Crippen LogP contribution in [0.15, 0.2) is 57.5 Å². The van der Waals surface area contributed by atoms with E-state index in [4.69, 9.17) is 0 Å². The van der Waals surface area contributed by atoms with E-state index >= 15 is 0 Å². The molecule has 0 saturated carbocycles. The molecule has 0 bridgehead atoms. The van der Waals surface area contributed by atoms with Crippen molar-refractivity contribution in [2.45, 2.75) is 0 Å². The molecule has 1 aliphatic rings. The SMILES string of the molecule is O=C(O)c1cc(-c2ccc3c(c2)C(=O)c2cc(Br)ccc2-3)c(C(=O)O)cc1Br. The fraction of sp³-hybridized carbons (Fsp3) is 0. The molecule has 7 heteroatoms. The van der Waals surface area contributed by atoms with E-state index < -0.39 is 11.9 Å². The molecule has 0 radical (unpaired) electrons. The number of aromatic carboxylic acids is 2. The molecule has 2 N–H and O–H groups in total. The van der Waals surface area contributed by atoms with Crippen LogP contribution >= 0.6 is 31.9 Å². The number of ketones is 1. The minimum absolute atomic E-state index is 0.0532. The summed E-state index contributed by atoms with van der Waals surface area (Å²) in [5.74, 6) is -2.52. The monoisotopic (exact) mass is 500 g/mol. The highest BCUT2D eigenvalue weighted by molar-refractivity contribution is 9.10. The summed E-state index contributed by atoms with van der Waals surface area (Å²) in [7, 11) is 0. The molecule has 138 valence electrons. The van der Waals surface area contributed by atoms with Crippen LogP contribution in [0.4, 0.5) is 0 Å². The van der Waals surface area contributed by atoms with Crippen LogP contribution in [-0.4, -0.2) is 27.9 Å². The van der Waals surface area contributed by atoms with E-state index in [9.17, 15) is 24.6 Å². The van der Waals surface area contributed by atoms with E-state index in [0.717, 1.165) is 15.6 Å². The van der Waals surface area contributed by atoms with Gasteiger partial charge >= 0.3 is 11.9 Å². The van der Waals surface area contributed by atoms with Crippen molar-refractivity contribution >= 4 is 49.6 Å². The summed E-state index contributed by atoms with van der Waals surface area (Å²) in [4.78, 5) is 36.0. The Bertz CT molecular complexity index is 1210. The zero-order valence-electron chi connectivity index (χ0n) is 14.0. The lowest BCUT2D eigenvalue weighted by Crippen LogP contribution is -2.05. The topological polar surface area (TPSA) is 91.7 Å². The first kappa shape index (κ1) is 18.6. The van der Waals surface area contributed by atoms with E-state index in [0.29, 0.717) is 16.7 Å². The fourth-order valence-corrected chi connectivity index (χ4v) is 4.25. The van der Waals surface area contributed by atoms with Gasteiger partial charge in [-0.2, -0.15) is 0 Å². The second-order valence-corrected chi connectivity index (χ2v) is 8.04. The lowest BCUT2D eigenvalue weighted by molar-refractivity contribution is 0.0681. The van der Waals surface area contributed by atoms with Gasteiger partial charge in [-0.3, -0.25) is 4.79 Å². The molecule has 5 nitrogen and oxygen atoms in total. The maximum absolute atomic E-state index is 12.8. The van der Waals surface area contributed by atoms with E-state index in [1.165, 1.54) is 12.1 Å². The van der Waals surface area contributed by atoms with Gasteiger partial charge in [-0.15, -0.1) is 0 Å². The molecule has 0 aromatic heterocycles. The van der Waals surface area contributed by atoms with Crippen LogP contribution in [-0.2, 0) is 0 Å². The molecule has 4 rings (SSSR count). The predicted octanol–water partition coefficient (Wildman–Crippen LogP) is 5.49. The third-order valence-corrected chi connectivity index (χ3v) is 5.81. The highest BCUT2D eigenvalue weighted by atomic mass is 79.9. The van der Waals surface area contributed by atoms with Crippen LogP contribution in [0.5, 0.6) is 0 Å². The highest BCUT2D eigenvalue weighted by Gasteiger charge is 2.28. The largest absolute Gasteiger partial charge is 0.478 e. The van der Waals surface area contributed by atoms with Gasteiger partial charge in [-0.05, 0) is 68.5 Å². The summed E-state index contributed by atoms with van der Waals surface area (Å²) in [5.41, 5.74) is 3.21. The fourth-order valence-electron chi connectivity index (χ4n) is 3.37. The van der Waals surface area contributed by atoms with Crippen LogP contribution in [0, 0.1) is 0 Å². The molecule has 0 unspecified atom stereocenters. The Kier molecular flexibility index (Phi) is 4.44. The Hall–Kier alpha value is -2.77. The van der Waals surface area contributed by atoms with Crippen molar-refractivity contribution in [1.29, 1.82) is 0 Å². The molecule has 0 amide bonds. The number of carboxylic acid groups (broad SMARTS) is 2. The van der Waals surface area contributed by atoms with E-state index in [2.05, 4.69) is 31.9 Å². The molecule has 0 saturated heterocycles. The van der Waals surface area contributed by atoms with Crippen molar-refractivity contribution in [3.63, 3.8) is 0 Å². The number of carbonyl (C=O) groups is 3. The smallest absolute Gasteiger partial charge is 0.336 e. The van der Waals surface area contributed by atoms with Gasteiger partial charge in [0.2, 0.25) is 0 Å². The maximum Gasteiger partial charge on any atom is 0.336 e. The summed E-state index contributed by atoms with van der Waals surface area (Å²) >= 11 is 6.47. The molecule has 0 atom stereocenters. The average molecular weight is 502 g/mol. The van der Waals surface area contributed by atoms with Crippen molar-refractivity contribution in [1.82, 2.24) is 0 Å². The molecular weight excluding hydrogens is 492 g/mol. The average Bonchev–Trinajstić information content (AvgIpc) is 2.92. The lowest BCUT2D eigenvalue weighted by atomic mass is 9.94. The Morgan fingerprint density at radius 3 is 1.93 bits per heavy atom. The predicted molar refractivity (Wildman–Crippen MR) is 110 cm³/mol. The summed E-state index contributed by atoms with van der Waals surface area (Å²) in [6, 6.07) is 13.1. The molecule has 3 aromatic carbocycles. The van der Waals surface area contributed by atoms with Gasteiger partial charge in [0.25, 0.3) is 0 Å². The summed E-state index contributed by atoms with van der Waals surface area (Å²) in [6.07, 6.45) is 0. The number of fused-ring (bicyclic) bond motifs is 3. The van der Waals surface area contributed by atoms with Gasteiger partial charge in [0.15, 0.2) is 5.78 Å². The maximum atomic E-state index is 12.8. The van der Waals surface area contributed by atoms with Crippen LogP contribution in [0.25, 0.3) is 22.3 Å². The number of hydrogen-bond acceptors (Lipinski definition) is 3. The molecule has 3 aromatic rings. The van der Waals surface area contributed by atoms with Crippen molar-refractivity contribution in [3.05, 3.63) is 79.7 Å². The quantitative estimate of drug-likeness (QED) is 0.387. The van der Waals surface area contributed by atoms with E-state index in [1.54, 1.807) is 24.3 Å². The Morgan fingerprint density at radius 1 is 0.679 bits per heavy atom. The van der Waals surface area contributed by atoms with Gasteiger partial charge in [-0.25, -0.2) is 9.59 Å². The van der Waals surface area contributed by atoms with Crippen molar-refractivity contribution < 1.29 is 24.6 Å². The van der Waals surface area contributed by atoms with Crippen LogP contribution < -0.4 is 0 Å². The first-order valence-corrected chi connectivity index (χ1v) is 9.65. The van der Waals surface area contributed by atoms with Crippen LogP contribution in [0.2, 0.25) is 0 Å². The third kappa shape index (κ3) is 2.87. The Labute approximate surface area is 175 Å². The zero-order chi connectivity index (χ0) is 20.2. The second kappa shape index (κ2) is 6.68. The van der Waals surface area contributed by atoms with Gasteiger partial charge in [0.05, 0.1) is 11.1 Å². The number of hydrogen-bond donors (Lipinski definition) is 2. The number of carbonyl (C=O) groups excluding carboxylic acids is 1. The normalized spacial score (nSPS) is 11.9. The van der Waals surface area contributed by atoms with Gasteiger partial charge < -0.3 is 10.2 Å². The van der Waals surface area contributed by atoms with Gasteiger partial charge in [0, 0.05) is 20.1 Å². The first-order valence-electron chi connectivity index (χ1n) is 8.07. The second-order valence-electron chi connectivity index (χ2n) is 6.27. The minimum atomic E-state index is -1.19. The number of benzene rings is 3. The van der Waals surface area contributed by atoms with Crippen molar-refractivity contribution in [2.75, 3.05) is 0 Å². The third-order valence-electron chi connectivity index (χ3n) is 4.66. The standard InChI is InChI=1S/C21H10Br2O5/c22-10-2-4-12-11-3-1-9(5-14(11)19(24)15(12)6-10)13-7-17(21(27)28)18(23)8-16(13)20(25)26/h1-8H,(H,25,26)(H,27,28). The molecule has 1 aliphatic carbocycles. The summed E-state index contributed by atoms with van der Waals surface area (Å²) < 4.78 is 0.968. The molecule has 0 heterocycles. The van der Waals surface area contributed by atoms with Crippen LogP contribution in [0.3, 0.4) is 0 Å². The lowest BCUT2D eigenvalue weighted by Gasteiger charge is -2.11. The van der Waals surface area contributed by atoms with E-state index in [-0.39, 0.29) is 26.9 Å². The zero-order valence-corrected chi connectivity index (χ0v) is 17.2. The van der Waals surface area contributed by atoms with E-state index in [1.807, 2.05) is 12.1 Å². The van der Waals surface area contributed by atoms with Crippen molar-refractivity contribution in [3.8, 4) is 22.3 Å². The summed E-state index contributed by atoms with van der Waals surface area (Å²) in [5, 5.41) is 18.9. The van der Waals surface area contributed by atoms with Crippen LogP contribution in [0.1, 0.15) is 36.6 Å². The molecule has 28 heavy (non-hydrogen) atoms. The highest BCUT2D eigenvalue weighted by Crippen LogP contribution is 2.40. The molecule has 0 fully saturated rings. The number of carboxylic acids is 2. The Morgan fingerprint density at radius 2 is 1.29 bits per heavy atom. The van der Waals surface area contributed by atoms with Crippen molar-refractivity contribution in [2.24, 2.45) is 0 Å². The molecule has 0 spiro atoms.